The van der Waals surface area contributed by atoms with Crippen molar-refractivity contribution in [3.63, 3.8) is 0 Å². The van der Waals surface area contributed by atoms with E-state index >= 15 is 0 Å². The molecular formula is C16H28N4O9. The Morgan fingerprint density at radius 2 is 1.38 bits per heavy atom. The normalized spacial score (nSPS) is 16.1. The van der Waals surface area contributed by atoms with Crippen molar-refractivity contribution in [1.29, 1.82) is 0 Å². The van der Waals surface area contributed by atoms with E-state index in [0.29, 0.717) is 0 Å². The molecule has 0 bridgehead atoms. The number of nitrogens with two attached hydrogens (primary N) is 1. The van der Waals surface area contributed by atoms with Gasteiger partial charge in [-0.15, -0.1) is 0 Å². The maximum atomic E-state index is 12.5. The molecule has 0 aliphatic rings. The first-order chi connectivity index (χ1) is 13.3. The van der Waals surface area contributed by atoms with Crippen LogP contribution in [0.25, 0.3) is 0 Å². The van der Waals surface area contributed by atoms with Crippen molar-refractivity contribution in [2.75, 3.05) is 6.61 Å². The summed E-state index contributed by atoms with van der Waals surface area (Å²) in [4.78, 5) is 58.7. The summed E-state index contributed by atoms with van der Waals surface area (Å²) < 4.78 is 0. The van der Waals surface area contributed by atoms with E-state index in [2.05, 4.69) is 10.6 Å². The number of carbonyl (C=O) groups excluding carboxylic acids is 3. The van der Waals surface area contributed by atoms with Crippen molar-refractivity contribution in [2.45, 2.75) is 57.5 Å². The lowest BCUT2D eigenvalue weighted by Crippen LogP contribution is -2.59. The molecule has 0 aromatic rings. The van der Waals surface area contributed by atoms with Gasteiger partial charge < -0.3 is 42.1 Å². The number of amides is 3. The number of rotatable bonds is 12. The minimum Gasteiger partial charge on any atom is -0.481 e. The lowest BCUT2D eigenvalue weighted by Gasteiger charge is -2.26. The van der Waals surface area contributed by atoms with E-state index in [-0.39, 0.29) is 0 Å². The number of hydrogen-bond acceptors (Lipinski definition) is 8. The minimum absolute atomic E-state index is 0.548. The molecular weight excluding hydrogens is 392 g/mol. The van der Waals surface area contributed by atoms with Crippen molar-refractivity contribution >= 4 is 29.7 Å². The van der Waals surface area contributed by atoms with Crippen LogP contribution in [0.2, 0.25) is 0 Å². The molecule has 166 valence electrons. The zero-order valence-electron chi connectivity index (χ0n) is 16.3. The van der Waals surface area contributed by atoms with Gasteiger partial charge in [0.15, 0.2) is 0 Å². The van der Waals surface area contributed by atoms with Crippen molar-refractivity contribution in [3.8, 4) is 0 Å². The molecule has 0 aromatic carbocycles. The summed E-state index contributed by atoms with van der Waals surface area (Å²) >= 11 is 0. The molecule has 0 radical (unpaired) electrons. The van der Waals surface area contributed by atoms with Gasteiger partial charge in [0.05, 0.1) is 19.1 Å². The van der Waals surface area contributed by atoms with Gasteiger partial charge in [-0.1, -0.05) is 13.8 Å². The number of hydrogen-bond donors (Lipinski definition) is 8. The van der Waals surface area contributed by atoms with Crippen LogP contribution in [0.1, 0.15) is 27.2 Å². The quantitative estimate of drug-likeness (QED) is 0.154. The fraction of sp³-hybridized carbons (Fsp3) is 0.688. The lowest BCUT2D eigenvalue weighted by molar-refractivity contribution is -0.144. The number of aliphatic hydroxyl groups is 2. The van der Waals surface area contributed by atoms with Crippen LogP contribution < -0.4 is 21.7 Å². The Morgan fingerprint density at radius 3 is 1.76 bits per heavy atom. The van der Waals surface area contributed by atoms with Gasteiger partial charge in [-0.3, -0.25) is 19.2 Å². The Bertz CT molecular complexity index is 624. The van der Waals surface area contributed by atoms with Gasteiger partial charge in [0.2, 0.25) is 17.7 Å². The van der Waals surface area contributed by atoms with E-state index in [1.54, 1.807) is 0 Å². The topological polar surface area (TPSA) is 228 Å². The summed E-state index contributed by atoms with van der Waals surface area (Å²) in [6, 6.07) is -5.90. The number of aliphatic hydroxyl groups excluding tert-OH is 2. The number of aliphatic carboxylic acids is 2. The monoisotopic (exact) mass is 420 g/mol. The summed E-state index contributed by atoms with van der Waals surface area (Å²) in [6.45, 7) is 3.42. The highest BCUT2D eigenvalue weighted by molar-refractivity contribution is 5.95. The van der Waals surface area contributed by atoms with E-state index in [1.807, 2.05) is 5.32 Å². The molecule has 13 heteroatoms. The third-order valence-corrected chi connectivity index (χ3v) is 3.88. The third-order valence-electron chi connectivity index (χ3n) is 3.88. The molecule has 0 heterocycles. The second-order valence-electron chi connectivity index (χ2n) is 6.74. The third kappa shape index (κ3) is 8.85. The zero-order valence-corrected chi connectivity index (χ0v) is 16.3. The van der Waals surface area contributed by atoms with E-state index < -0.39 is 78.9 Å². The Hall–Kier alpha value is -2.77. The van der Waals surface area contributed by atoms with E-state index in [0.717, 1.165) is 0 Å². The maximum absolute atomic E-state index is 12.5. The largest absolute Gasteiger partial charge is 0.481 e. The molecule has 9 N–H and O–H groups in total. The smallest absolute Gasteiger partial charge is 0.328 e. The Kier molecular flexibility index (Phi) is 10.8. The number of carboxylic acid groups (broad SMARTS) is 2. The van der Waals surface area contributed by atoms with Crippen LogP contribution in [0.5, 0.6) is 0 Å². The minimum atomic E-state index is -1.60. The molecule has 0 aliphatic carbocycles. The van der Waals surface area contributed by atoms with Crippen molar-refractivity contribution < 1.29 is 44.4 Å². The predicted octanol–water partition coefficient (Wildman–Crippen LogP) is -3.64. The molecule has 5 atom stereocenters. The van der Waals surface area contributed by atoms with Gasteiger partial charge >= 0.3 is 11.9 Å². The predicted molar refractivity (Wildman–Crippen MR) is 97.3 cm³/mol. The SMILES string of the molecule is CC(C)C(NC(=O)C(CC(=O)O)NC(=O)C(N)C(C)O)C(=O)NC(CO)C(=O)O. The summed E-state index contributed by atoms with van der Waals surface area (Å²) in [5.41, 5.74) is 5.45. The van der Waals surface area contributed by atoms with Crippen LogP contribution in [0, 0.1) is 5.92 Å². The van der Waals surface area contributed by atoms with E-state index in [4.69, 9.17) is 21.1 Å². The van der Waals surface area contributed by atoms with Gasteiger partial charge in [0.1, 0.15) is 24.2 Å². The summed E-state index contributed by atoms with van der Waals surface area (Å²) in [6.07, 6.45) is -2.09. The standard InChI is InChI=1S/C16H28N4O9/c1-6(2)12(15(27)19-9(5-21)16(28)29)20-13(25)8(4-10(23)24)18-14(26)11(17)7(3)22/h6-9,11-12,21-22H,4-5,17H2,1-3H3,(H,18,26)(H,19,27)(H,20,25)(H,23,24)(H,28,29). The Labute approximate surface area is 166 Å². The van der Waals surface area contributed by atoms with Crippen LogP contribution in [0.15, 0.2) is 0 Å². The van der Waals surface area contributed by atoms with E-state index in [1.165, 1.54) is 20.8 Å². The van der Waals surface area contributed by atoms with Crippen LogP contribution in [0.4, 0.5) is 0 Å². The molecule has 0 spiro atoms. The van der Waals surface area contributed by atoms with Crippen LogP contribution in [-0.4, -0.2) is 87.0 Å². The van der Waals surface area contributed by atoms with Crippen molar-refractivity contribution in [3.05, 3.63) is 0 Å². The fourth-order valence-electron chi connectivity index (χ4n) is 2.11. The molecule has 13 nitrogen and oxygen atoms in total. The number of nitrogens with one attached hydrogen (secondary N) is 3. The molecule has 0 saturated carbocycles. The van der Waals surface area contributed by atoms with E-state index in [9.17, 15) is 29.1 Å². The molecule has 5 unspecified atom stereocenters. The fourth-order valence-corrected chi connectivity index (χ4v) is 2.11. The average molecular weight is 420 g/mol. The summed E-state index contributed by atoms with van der Waals surface area (Å²) in [5.74, 6) is -6.38. The summed E-state index contributed by atoms with van der Waals surface area (Å²) in [5, 5.41) is 42.6. The molecule has 0 saturated heterocycles. The average Bonchev–Trinajstić information content (AvgIpc) is 2.61. The Balaban J connectivity index is 5.38. The molecule has 3 amide bonds. The molecule has 0 rings (SSSR count). The summed E-state index contributed by atoms with van der Waals surface area (Å²) in [7, 11) is 0. The second kappa shape index (κ2) is 11.9. The Morgan fingerprint density at radius 1 is 0.862 bits per heavy atom. The first kappa shape index (κ1) is 26.2. The highest BCUT2D eigenvalue weighted by atomic mass is 16.4. The first-order valence-electron chi connectivity index (χ1n) is 8.72. The first-order valence-corrected chi connectivity index (χ1v) is 8.72. The number of carboxylic acids is 2. The maximum Gasteiger partial charge on any atom is 0.328 e. The molecule has 0 fully saturated rings. The van der Waals surface area contributed by atoms with Gasteiger partial charge in [-0.25, -0.2) is 4.79 Å². The second-order valence-corrected chi connectivity index (χ2v) is 6.74. The van der Waals surface area contributed by atoms with Crippen LogP contribution >= 0.6 is 0 Å². The highest BCUT2D eigenvalue weighted by Crippen LogP contribution is 2.05. The van der Waals surface area contributed by atoms with Crippen LogP contribution in [-0.2, 0) is 24.0 Å². The lowest BCUT2D eigenvalue weighted by atomic mass is 10.0. The van der Waals surface area contributed by atoms with Gasteiger partial charge in [0.25, 0.3) is 0 Å². The highest BCUT2D eigenvalue weighted by Gasteiger charge is 2.33. The van der Waals surface area contributed by atoms with Gasteiger partial charge in [-0.05, 0) is 12.8 Å². The van der Waals surface area contributed by atoms with Crippen molar-refractivity contribution in [1.82, 2.24) is 16.0 Å². The molecule has 0 aromatic heterocycles. The van der Waals surface area contributed by atoms with Gasteiger partial charge in [0, 0.05) is 0 Å². The number of carbonyl (C=O) groups is 5. The molecule has 29 heavy (non-hydrogen) atoms. The molecule has 0 aliphatic heterocycles. The van der Waals surface area contributed by atoms with Gasteiger partial charge in [-0.2, -0.15) is 0 Å². The van der Waals surface area contributed by atoms with Crippen molar-refractivity contribution in [2.24, 2.45) is 11.7 Å². The zero-order chi connectivity index (χ0) is 22.9. The van der Waals surface area contributed by atoms with Crippen LogP contribution in [0.3, 0.4) is 0 Å².